The highest BCUT2D eigenvalue weighted by Gasteiger charge is 2.24. The lowest BCUT2D eigenvalue weighted by atomic mass is 10.1. The molecule has 1 aliphatic heterocycles. The molecule has 4 heteroatoms. The number of rotatable bonds is 5. The average Bonchev–Trinajstić information content (AvgIpc) is 2.85. The Balaban J connectivity index is 2.07. The van der Waals surface area contributed by atoms with Crippen LogP contribution in [0.4, 0.5) is 10.1 Å². The van der Waals surface area contributed by atoms with E-state index in [1.54, 1.807) is 12.1 Å². The Morgan fingerprint density at radius 2 is 2.32 bits per heavy atom. The first-order valence-electron chi connectivity index (χ1n) is 6.85. The summed E-state index contributed by atoms with van der Waals surface area (Å²) >= 11 is 0. The summed E-state index contributed by atoms with van der Waals surface area (Å²) in [4.78, 5) is 15.0. The second kappa shape index (κ2) is 6.15. The summed E-state index contributed by atoms with van der Waals surface area (Å²) in [6.07, 6.45) is 3.06. The fourth-order valence-electron chi connectivity index (χ4n) is 2.84. The maximum absolute atomic E-state index is 13.9. The van der Waals surface area contributed by atoms with Gasteiger partial charge in [0.05, 0.1) is 5.69 Å². The van der Waals surface area contributed by atoms with Crippen molar-refractivity contribution in [2.45, 2.75) is 25.8 Å². The molecule has 0 N–H and O–H groups in total. The molecule has 1 fully saturated rings. The molecule has 0 aromatic heterocycles. The average molecular weight is 264 g/mol. The fourth-order valence-corrected chi connectivity index (χ4v) is 2.84. The zero-order valence-corrected chi connectivity index (χ0v) is 11.6. The van der Waals surface area contributed by atoms with Gasteiger partial charge in [0.25, 0.3) is 0 Å². The largest absolute Gasteiger partial charge is 0.371 e. The summed E-state index contributed by atoms with van der Waals surface area (Å²) in [7, 11) is 1.91. The molecule has 0 aliphatic carbocycles. The first-order valence-corrected chi connectivity index (χ1v) is 6.85. The van der Waals surface area contributed by atoms with Crippen LogP contribution in [0.1, 0.15) is 30.1 Å². The molecular weight excluding hydrogens is 243 g/mol. The van der Waals surface area contributed by atoms with Crippen LogP contribution in [-0.2, 0) is 0 Å². The number of hydrogen-bond donors (Lipinski definition) is 0. The first kappa shape index (κ1) is 14.0. The van der Waals surface area contributed by atoms with Crippen molar-refractivity contribution in [3.8, 4) is 0 Å². The number of aldehydes is 1. The van der Waals surface area contributed by atoms with E-state index in [2.05, 4.69) is 11.8 Å². The third-order valence-corrected chi connectivity index (χ3v) is 3.91. The van der Waals surface area contributed by atoms with Gasteiger partial charge in [-0.15, -0.1) is 0 Å². The van der Waals surface area contributed by atoms with Crippen LogP contribution in [0.15, 0.2) is 18.2 Å². The monoisotopic (exact) mass is 264 g/mol. The molecule has 1 aromatic rings. The van der Waals surface area contributed by atoms with E-state index in [1.807, 2.05) is 11.9 Å². The van der Waals surface area contributed by atoms with E-state index in [0.717, 1.165) is 19.6 Å². The van der Waals surface area contributed by atoms with Crippen LogP contribution < -0.4 is 4.90 Å². The van der Waals surface area contributed by atoms with Gasteiger partial charge in [0.2, 0.25) is 0 Å². The minimum Gasteiger partial charge on any atom is -0.371 e. The van der Waals surface area contributed by atoms with Crippen LogP contribution in [0, 0.1) is 5.82 Å². The van der Waals surface area contributed by atoms with E-state index in [9.17, 15) is 9.18 Å². The summed E-state index contributed by atoms with van der Waals surface area (Å²) in [5.41, 5.74) is 0.944. The van der Waals surface area contributed by atoms with E-state index >= 15 is 0 Å². The number of benzene rings is 1. The van der Waals surface area contributed by atoms with Crippen LogP contribution >= 0.6 is 0 Å². The summed E-state index contributed by atoms with van der Waals surface area (Å²) in [5, 5.41) is 0. The fraction of sp³-hybridized carbons (Fsp3) is 0.533. The minimum absolute atomic E-state index is 0.326. The normalized spacial score (nSPS) is 19.6. The summed E-state index contributed by atoms with van der Waals surface area (Å²) in [5.74, 6) is -0.326. The molecule has 1 heterocycles. The number of likely N-dealkylation sites (N-methyl/N-ethyl adjacent to an activating group) is 2. The van der Waals surface area contributed by atoms with Crippen molar-refractivity contribution < 1.29 is 9.18 Å². The summed E-state index contributed by atoms with van der Waals surface area (Å²) in [6.45, 7) is 5.18. The molecule has 1 aromatic carbocycles. The van der Waals surface area contributed by atoms with Crippen molar-refractivity contribution in [3.05, 3.63) is 29.6 Å². The molecule has 1 saturated heterocycles. The number of anilines is 1. The zero-order chi connectivity index (χ0) is 13.8. The van der Waals surface area contributed by atoms with Crippen LogP contribution in [0.3, 0.4) is 0 Å². The van der Waals surface area contributed by atoms with Crippen molar-refractivity contribution >= 4 is 12.0 Å². The molecule has 1 atom stereocenters. The van der Waals surface area contributed by atoms with Crippen molar-refractivity contribution in [1.29, 1.82) is 0 Å². The third-order valence-electron chi connectivity index (χ3n) is 3.91. The SMILES string of the molecule is CCN1CCCC1CN(C)c1ccc(C=O)cc1F. The highest BCUT2D eigenvalue weighted by atomic mass is 19.1. The smallest absolute Gasteiger partial charge is 0.150 e. The molecule has 19 heavy (non-hydrogen) atoms. The van der Waals surface area contributed by atoms with E-state index in [0.29, 0.717) is 23.6 Å². The standard InChI is InChI=1S/C15H21FN2O/c1-3-18-8-4-5-13(18)10-17(2)15-7-6-12(11-19)9-14(15)16/h6-7,9,11,13H,3-5,8,10H2,1-2H3. The van der Waals surface area contributed by atoms with Gasteiger partial charge in [-0.1, -0.05) is 6.92 Å². The summed E-state index contributed by atoms with van der Waals surface area (Å²) < 4.78 is 13.9. The predicted molar refractivity (Wildman–Crippen MR) is 75.3 cm³/mol. The van der Waals surface area contributed by atoms with E-state index < -0.39 is 0 Å². The molecule has 1 unspecified atom stereocenters. The topological polar surface area (TPSA) is 23.6 Å². The quantitative estimate of drug-likeness (QED) is 0.764. The molecule has 104 valence electrons. The lowest BCUT2D eigenvalue weighted by molar-refractivity contribution is 0.112. The molecular formula is C15H21FN2O. The molecule has 0 bridgehead atoms. The third kappa shape index (κ3) is 3.13. The molecule has 0 saturated carbocycles. The molecule has 1 aliphatic rings. The number of nitrogens with zero attached hydrogens (tertiary/aromatic N) is 2. The maximum atomic E-state index is 13.9. The van der Waals surface area contributed by atoms with Gasteiger partial charge >= 0.3 is 0 Å². The van der Waals surface area contributed by atoms with Crippen molar-refractivity contribution in [3.63, 3.8) is 0 Å². The Bertz CT molecular complexity index is 450. The number of halogens is 1. The maximum Gasteiger partial charge on any atom is 0.150 e. The Morgan fingerprint density at radius 1 is 1.53 bits per heavy atom. The summed E-state index contributed by atoms with van der Waals surface area (Å²) in [6, 6.07) is 5.14. The second-order valence-corrected chi connectivity index (χ2v) is 5.13. The molecule has 0 amide bonds. The zero-order valence-electron chi connectivity index (χ0n) is 11.6. The Hall–Kier alpha value is -1.42. The van der Waals surface area contributed by atoms with E-state index in [4.69, 9.17) is 0 Å². The lowest BCUT2D eigenvalue weighted by Gasteiger charge is -2.29. The second-order valence-electron chi connectivity index (χ2n) is 5.13. The predicted octanol–water partition coefficient (Wildman–Crippen LogP) is 2.56. The molecule has 3 nitrogen and oxygen atoms in total. The van der Waals surface area contributed by atoms with Gasteiger partial charge in [-0.05, 0) is 44.1 Å². The Labute approximate surface area is 114 Å². The van der Waals surface area contributed by atoms with Gasteiger partial charge in [0.15, 0.2) is 0 Å². The minimum atomic E-state index is -0.326. The number of carbonyl (C=O) groups is 1. The molecule has 2 rings (SSSR count). The number of carbonyl (C=O) groups excluding carboxylic acids is 1. The Morgan fingerprint density at radius 3 is 2.95 bits per heavy atom. The van der Waals surface area contributed by atoms with Crippen molar-refractivity contribution in [1.82, 2.24) is 4.90 Å². The van der Waals surface area contributed by atoms with Crippen molar-refractivity contribution in [2.75, 3.05) is 31.6 Å². The van der Waals surface area contributed by atoms with Gasteiger partial charge in [-0.25, -0.2) is 4.39 Å². The molecule has 0 spiro atoms. The van der Waals surface area contributed by atoms with Gasteiger partial charge in [-0.3, -0.25) is 9.69 Å². The number of hydrogen-bond acceptors (Lipinski definition) is 3. The highest BCUT2D eigenvalue weighted by molar-refractivity contribution is 5.75. The number of likely N-dealkylation sites (tertiary alicyclic amines) is 1. The molecule has 0 radical (unpaired) electrons. The Kier molecular flexibility index (Phi) is 4.53. The first-order chi connectivity index (χ1) is 9.15. The van der Waals surface area contributed by atoms with Crippen LogP contribution in [-0.4, -0.2) is 43.9 Å². The van der Waals surface area contributed by atoms with Gasteiger partial charge in [0, 0.05) is 25.2 Å². The van der Waals surface area contributed by atoms with Crippen LogP contribution in [0.5, 0.6) is 0 Å². The van der Waals surface area contributed by atoms with Gasteiger partial charge in [-0.2, -0.15) is 0 Å². The van der Waals surface area contributed by atoms with Crippen molar-refractivity contribution in [2.24, 2.45) is 0 Å². The van der Waals surface area contributed by atoms with Gasteiger partial charge < -0.3 is 4.90 Å². The highest BCUT2D eigenvalue weighted by Crippen LogP contribution is 2.23. The van der Waals surface area contributed by atoms with E-state index in [-0.39, 0.29) is 5.82 Å². The van der Waals surface area contributed by atoms with Crippen LogP contribution in [0.2, 0.25) is 0 Å². The van der Waals surface area contributed by atoms with E-state index in [1.165, 1.54) is 18.9 Å². The van der Waals surface area contributed by atoms with Gasteiger partial charge in [0.1, 0.15) is 12.1 Å². The lowest BCUT2D eigenvalue weighted by Crippen LogP contribution is -2.39. The van der Waals surface area contributed by atoms with Crippen LogP contribution in [0.25, 0.3) is 0 Å².